The zero-order valence-corrected chi connectivity index (χ0v) is 14.2. The molecule has 3 aromatic rings. The molecule has 0 fully saturated rings. The van der Waals surface area contributed by atoms with Gasteiger partial charge >= 0.3 is 5.97 Å². The minimum absolute atomic E-state index is 0.247. The van der Waals surface area contributed by atoms with E-state index in [1.54, 1.807) is 30.5 Å². The summed E-state index contributed by atoms with van der Waals surface area (Å²) < 4.78 is 5.55. The van der Waals surface area contributed by atoms with Crippen molar-refractivity contribution in [1.82, 2.24) is 4.98 Å². The fourth-order valence-corrected chi connectivity index (χ4v) is 2.51. The van der Waals surface area contributed by atoms with E-state index in [0.717, 1.165) is 11.1 Å². The fraction of sp³-hybridized carbons (Fsp3) is 0.143. The number of Topliss-reactive ketones (excluding diaryl/α,β-unsaturated/α-hetero) is 1. The lowest BCUT2D eigenvalue weighted by Gasteiger charge is -2.17. The molecule has 126 valence electrons. The molecule has 0 aliphatic carbocycles. The first kappa shape index (κ1) is 16.7. The summed E-state index contributed by atoms with van der Waals surface area (Å²) >= 11 is 0. The van der Waals surface area contributed by atoms with Gasteiger partial charge in [0.05, 0.1) is 0 Å². The van der Waals surface area contributed by atoms with E-state index in [1.165, 1.54) is 0 Å². The Morgan fingerprint density at radius 2 is 1.48 bits per heavy atom. The number of esters is 1. The van der Waals surface area contributed by atoms with Crippen LogP contribution in [0.2, 0.25) is 0 Å². The summed E-state index contributed by atoms with van der Waals surface area (Å²) in [5.41, 5.74) is 3.60. The quantitative estimate of drug-likeness (QED) is 0.556. The van der Waals surface area contributed by atoms with E-state index in [2.05, 4.69) is 4.98 Å². The number of hydrogen-bond acceptors (Lipinski definition) is 3. The molecule has 0 aliphatic heterocycles. The van der Waals surface area contributed by atoms with Gasteiger partial charge in [-0.15, -0.1) is 0 Å². The maximum absolute atomic E-state index is 13.0. The molecule has 4 heteroatoms. The number of hydrogen-bond donors (Lipinski definition) is 1. The minimum Gasteiger partial charge on any atom is -0.444 e. The molecule has 1 N–H and O–H groups in total. The molecule has 1 aromatic heterocycles. The van der Waals surface area contributed by atoms with Crippen LogP contribution in [-0.2, 0) is 4.74 Å². The summed E-state index contributed by atoms with van der Waals surface area (Å²) in [4.78, 5) is 28.1. The lowest BCUT2D eigenvalue weighted by atomic mass is 9.98. The zero-order valence-electron chi connectivity index (χ0n) is 14.2. The Kier molecular flexibility index (Phi) is 4.80. The second-order valence-corrected chi connectivity index (χ2v) is 6.01. The Morgan fingerprint density at radius 1 is 0.880 bits per heavy atom. The Bertz CT molecular complexity index is 863. The average Bonchev–Trinajstić information content (AvgIpc) is 3.15. The van der Waals surface area contributed by atoms with Gasteiger partial charge in [0.15, 0.2) is 6.10 Å². The standard InChI is InChI=1S/C21H19NO3/c1-14-5-9-16(10-6-14)19(23)20(17-11-7-15(2)8-12-17)25-21(24)18-4-3-13-22-18/h3-13,20,22H,1-2H3/t20-/m0/s1. The highest BCUT2D eigenvalue weighted by atomic mass is 16.5. The molecule has 0 bridgehead atoms. The SMILES string of the molecule is Cc1ccc(C(=O)[C@@H](OC(=O)c2ccc[nH]2)c2ccc(C)cc2)cc1. The molecule has 1 heterocycles. The normalized spacial score (nSPS) is 11.8. The van der Waals surface area contributed by atoms with Gasteiger partial charge in [0.1, 0.15) is 5.69 Å². The number of aromatic nitrogens is 1. The van der Waals surface area contributed by atoms with Crippen LogP contribution in [-0.4, -0.2) is 16.7 Å². The van der Waals surface area contributed by atoms with Crippen LogP contribution in [0.5, 0.6) is 0 Å². The number of carbonyl (C=O) groups is 2. The van der Waals surface area contributed by atoms with E-state index in [1.807, 2.05) is 50.2 Å². The number of rotatable bonds is 5. The van der Waals surface area contributed by atoms with Gasteiger partial charge < -0.3 is 9.72 Å². The van der Waals surface area contributed by atoms with Crippen molar-refractivity contribution < 1.29 is 14.3 Å². The Balaban J connectivity index is 1.93. The smallest absolute Gasteiger partial charge is 0.355 e. The average molecular weight is 333 g/mol. The van der Waals surface area contributed by atoms with Gasteiger partial charge in [0, 0.05) is 17.3 Å². The van der Waals surface area contributed by atoms with E-state index < -0.39 is 12.1 Å². The van der Waals surface area contributed by atoms with Crippen LogP contribution in [0.3, 0.4) is 0 Å². The van der Waals surface area contributed by atoms with Gasteiger partial charge in [-0.25, -0.2) is 4.79 Å². The third-order valence-corrected chi connectivity index (χ3v) is 4.00. The highest BCUT2D eigenvalue weighted by Gasteiger charge is 2.27. The number of benzene rings is 2. The summed E-state index contributed by atoms with van der Waals surface area (Å²) in [6.07, 6.45) is 0.651. The summed E-state index contributed by atoms with van der Waals surface area (Å²) in [7, 11) is 0. The van der Waals surface area contributed by atoms with Crippen molar-refractivity contribution >= 4 is 11.8 Å². The number of ether oxygens (including phenoxy) is 1. The van der Waals surface area contributed by atoms with Crippen LogP contribution in [0, 0.1) is 13.8 Å². The molecule has 25 heavy (non-hydrogen) atoms. The molecular weight excluding hydrogens is 314 g/mol. The predicted octanol–water partition coefficient (Wildman–Crippen LogP) is 4.41. The largest absolute Gasteiger partial charge is 0.444 e. The van der Waals surface area contributed by atoms with E-state index in [9.17, 15) is 9.59 Å². The molecule has 1 atom stereocenters. The van der Waals surface area contributed by atoms with Crippen LogP contribution in [0.1, 0.15) is 43.6 Å². The van der Waals surface area contributed by atoms with Gasteiger partial charge in [0.25, 0.3) is 0 Å². The summed E-state index contributed by atoms with van der Waals surface area (Å²) in [6.45, 7) is 3.92. The first-order chi connectivity index (χ1) is 12.0. The molecule has 2 aromatic carbocycles. The molecule has 0 saturated heterocycles. The highest BCUT2D eigenvalue weighted by molar-refractivity contribution is 6.02. The Labute approximate surface area is 146 Å². The van der Waals surface area contributed by atoms with E-state index >= 15 is 0 Å². The molecule has 0 radical (unpaired) electrons. The zero-order chi connectivity index (χ0) is 17.8. The first-order valence-corrected chi connectivity index (χ1v) is 8.06. The molecular formula is C21H19NO3. The third kappa shape index (κ3) is 3.86. The fourth-order valence-electron chi connectivity index (χ4n) is 2.51. The van der Waals surface area contributed by atoms with Crippen LogP contribution < -0.4 is 0 Å². The Hall–Kier alpha value is -3.14. The predicted molar refractivity (Wildman–Crippen MR) is 95.6 cm³/mol. The Morgan fingerprint density at radius 3 is 2.04 bits per heavy atom. The van der Waals surface area contributed by atoms with Crippen molar-refractivity contribution in [3.8, 4) is 0 Å². The van der Waals surface area contributed by atoms with Crippen molar-refractivity contribution in [2.45, 2.75) is 20.0 Å². The summed E-state index contributed by atoms with van der Waals surface area (Å²) in [5.74, 6) is -0.806. The number of carbonyl (C=O) groups excluding carboxylic acids is 2. The van der Waals surface area contributed by atoms with Crippen LogP contribution in [0.25, 0.3) is 0 Å². The number of nitrogens with one attached hydrogen (secondary N) is 1. The monoisotopic (exact) mass is 333 g/mol. The van der Waals surface area contributed by atoms with Gasteiger partial charge in [0.2, 0.25) is 5.78 Å². The van der Waals surface area contributed by atoms with Crippen molar-refractivity contribution in [3.63, 3.8) is 0 Å². The van der Waals surface area contributed by atoms with E-state index in [-0.39, 0.29) is 5.78 Å². The van der Waals surface area contributed by atoms with Crippen molar-refractivity contribution in [2.24, 2.45) is 0 Å². The first-order valence-electron chi connectivity index (χ1n) is 8.06. The summed E-state index contributed by atoms with van der Waals surface area (Å²) in [6, 6.07) is 18.0. The van der Waals surface area contributed by atoms with Crippen molar-refractivity contribution in [3.05, 3.63) is 94.8 Å². The van der Waals surface area contributed by atoms with E-state index in [4.69, 9.17) is 4.74 Å². The molecule has 0 amide bonds. The molecule has 3 rings (SSSR count). The third-order valence-electron chi connectivity index (χ3n) is 4.00. The lowest BCUT2D eigenvalue weighted by molar-refractivity contribution is 0.0275. The molecule has 0 spiro atoms. The number of aromatic amines is 1. The number of H-pyrrole nitrogens is 1. The maximum atomic E-state index is 13.0. The van der Waals surface area contributed by atoms with Crippen LogP contribution in [0.15, 0.2) is 66.9 Å². The second kappa shape index (κ2) is 7.18. The van der Waals surface area contributed by atoms with E-state index in [0.29, 0.717) is 16.8 Å². The lowest BCUT2D eigenvalue weighted by Crippen LogP contribution is -2.20. The van der Waals surface area contributed by atoms with Crippen LogP contribution in [0.4, 0.5) is 0 Å². The van der Waals surface area contributed by atoms with Gasteiger partial charge in [-0.05, 0) is 26.0 Å². The molecule has 0 unspecified atom stereocenters. The minimum atomic E-state index is -0.987. The second-order valence-electron chi connectivity index (χ2n) is 6.01. The van der Waals surface area contributed by atoms with Crippen molar-refractivity contribution in [1.29, 1.82) is 0 Å². The maximum Gasteiger partial charge on any atom is 0.355 e. The van der Waals surface area contributed by atoms with Crippen molar-refractivity contribution in [2.75, 3.05) is 0 Å². The molecule has 0 saturated carbocycles. The topological polar surface area (TPSA) is 59.2 Å². The number of ketones is 1. The van der Waals surface area contributed by atoms with Crippen LogP contribution >= 0.6 is 0 Å². The van der Waals surface area contributed by atoms with Gasteiger partial charge in [-0.1, -0.05) is 59.7 Å². The molecule has 4 nitrogen and oxygen atoms in total. The van der Waals surface area contributed by atoms with Gasteiger partial charge in [-0.3, -0.25) is 4.79 Å². The molecule has 0 aliphatic rings. The number of aryl methyl sites for hydroxylation is 2. The summed E-state index contributed by atoms with van der Waals surface area (Å²) in [5, 5.41) is 0. The van der Waals surface area contributed by atoms with Gasteiger partial charge in [-0.2, -0.15) is 0 Å². The highest BCUT2D eigenvalue weighted by Crippen LogP contribution is 2.24.